The van der Waals surface area contributed by atoms with Gasteiger partial charge >= 0.3 is 12.1 Å². The molecule has 0 aromatic carbocycles. The van der Waals surface area contributed by atoms with Crippen LogP contribution in [0.1, 0.15) is 6.92 Å². The average molecular weight is 215 g/mol. The van der Waals surface area contributed by atoms with E-state index in [-0.39, 0.29) is 12.7 Å². The molecule has 6 nitrogen and oxygen atoms in total. The van der Waals surface area contributed by atoms with Crippen LogP contribution in [0.2, 0.25) is 0 Å². The number of carbonyl (C=O) groups is 2. The van der Waals surface area contributed by atoms with Gasteiger partial charge in [0, 0.05) is 13.0 Å². The minimum Gasteiger partial charge on any atom is -0.454 e. The van der Waals surface area contributed by atoms with E-state index in [1.54, 1.807) is 21.1 Å². The van der Waals surface area contributed by atoms with E-state index in [0.29, 0.717) is 6.61 Å². The number of amides is 1. The molecule has 0 spiro atoms. The second-order valence-corrected chi connectivity index (χ2v) is 2.36. The molecule has 1 fully saturated rings. The van der Waals surface area contributed by atoms with Crippen molar-refractivity contribution in [1.29, 1.82) is 0 Å². The first kappa shape index (κ1) is 13.3. The summed E-state index contributed by atoms with van der Waals surface area (Å²) in [5.74, 6) is 4.17. The Morgan fingerprint density at radius 3 is 2.40 bits per heavy atom. The molecule has 1 aliphatic rings. The summed E-state index contributed by atoms with van der Waals surface area (Å²) in [4.78, 5) is 24.2. The van der Waals surface area contributed by atoms with Gasteiger partial charge < -0.3 is 14.3 Å². The Labute approximate surface area is 88.0 Å². The smallest absolute Gasteiger partial charge is 0.454 e. The maximum absolute atomic E-state index is 10.5. The molecule has 0 aliphatic carbocycles. The van der Waals surface area contributed by atoms with Gasteiger partial charge in [-0.05, 0) is 6.92 Å². The summed E-state index contributed by atoms with van der Waals surface area (Å²) >= 11 is 0. The molecule has 0 radical (unpaired) electrons. The molecule has 0 aromatic heterocycles. The van der Waals surface area contributed by atoms with E-state index in [1.165, 1.54) is 0 Å². The molecule has 0 aromatic rings. The van der Waals surface area contributed by atoms with Crippen LogP contribution >= 0.6 is 0 Å². The monoisotopic (exact) mass is 215 g/mol. The first-order chi connectivity index (χ1) is 7.11. The van der Waals surface area contributed by atoms with Crippen molar-refractivity contribution in [1.82, 2.24) is 5.06 Å². The maximum atomic E-state index is 10.5. The highest BCUT2D eigenvalue weighted by molar-refractivity contribution is 5.88. The number of rotatable bonds is 3. The number of hydroxylamine groups is 2. The van der Waals surface area contributed by atoms with Crippen molar-refractivity contribution in [3.63, 3.8) is 0 Å². The topological polar surface area (TPSA) is 68.1 Å². The van der Waals surface area contributed by atoms with Crippen molar-refractivity contribution in [2.75, 3.05) is 27.4 Å². The molecule has 0 atom stereocenters. The Kier molecular flexibility index (Phi) is 6.76. The van der Waals surface area contributed by atoms with Crippen molar-refractivity contribution in [3.8, 4) is 11.8 Å². The Morgan fingerprint density at radius 2 is 2.07 bits per heavy atom. The van der Waals surface area contributed by atoms with Gasteiger partial charge in [-0.3, -0.25) is 0 Å². The molecular weight excluding hydrogens is 202 g/mol. The summed E-state index contributed by atoms with van der Waals surface area (Å²) in [6.07, 6.45) is -0.245. The van der Waals surface area contributed by atoms with Gasteiger partial charge in [-0.1, -0.05) is 5.92 Å². The maximum Gasteiger partial charge on any atom is 0.467 e. The van der Waals surface area contributed by atoms with Gasteiger partial charge in [0.05, 0.1) is 13.7 Å². The van der Waals surface area contributed by atoms with Crippen LogP contribution in [0.4, 0.5) is 4.79 Å². The molecule has 1 amide bonds. The van der Waals surface area contributed by atoms with E-state index in [4.69, 9.17) is 0 Å². The zero-order valence-corrected chi connectivity index (χ0v) is 8.90. The molecule has 1 rings (SSSR count). The third-order valence-corrected chi connectivity index (χ3v) is 1.19. The molecule has 1 aliphatic heterocycles. The van der Waals surface area contributed by atoms with E-state index >= 15 is 0 Å². The predicted octanol–water partition coefficient (Wildman–Crippen LogP) is 0.183. The van der Waals surface area contributed by atoms with Crippen molar-refractivity contribution < 1.29 is 23.9 Å². The average Bonchev–Trinajstić information content (AvgIpc) is 2.82. The van der Waals surface area contributed by atoms with Gasteiger partial charge in [0.2, 0.25) is 0 Å². The molecule has 0 bridgehead atoms. The Hall–Kier alpha value is -1.74. The Morgan fingerprint density at radius 1 is 1.53 bits per heavy atom. The zero-order chi connectivity index (χ0) is 11.7. The van der Waals surface area contributed by atoms with Gasteiger partial charge in [0.15, 0.2) is 0 Å². The van der Waals surface area contributed by atoms with E-state index < -0.39 is 5.97 Å². The van der Waals surface area contributed by atoms with Crippen LogP contribution < -0.4 is 0 Å². The van der Waals surface area contributed by atoms with E-state index in [0.717, 1.165) is 5.06 Å². The van der Waals surface area contributed by atoms with Gasteiger partial charge in [0.1, 0.15) is 6.61 Å². The molecule has 0 unspecified atom stereocenters. The normalized spacial score (nSPS) is 11.4. The third-order valence-electron chi connectivity index (χ3n) is 1.19. The minimum absolute atomic E-state index is 0.245. The quantitative estimate of drug-likeness (QED) is 0.221. The first-order valence-corrected chi connectivity index (χ1v) is 4.16. The highest BCUT2D eigenvalue weighted by Gasteiger charge is 2.28. The van der Waals surface area contributed by atoms with Crippen molar-refractivity contribution in [3.05, 3.63) is 0 Å². The van der Waals surface area contributed by atoms with Gasteiger partial charge in [0.25, 0.3) is 0 Å². The lowest BCUT2D eigenvalue weighted by Gasteiger charge is -1.96. The lowest BCUT2D eigenvalue weighted by Crippen LogP contribution is -2.07. The summed E-state index contributed by atoms with van der Waals surface area (Å²) < 4.78 is 9.23. The number of hydrogen-bond donors (Lipinski definition) is 0. The lowest BCUT2D eigenvalue weighted by molar-refractivity contribution is -0.137. The fourth-order valence-electron chi connectivity index (χ4n) is 0.453. The summed E-state index contributed by atoms with van der Waals surface area (Å²) in [6.45, 7) is 2.26. The van der Waals surface area contributed by atoms with E-state index in [9.17, 15) is 9.59 Å². The lowest BCUT2D eigenvalue weighted by atomic mass is 10.6. The van der Waals surface area contributed by atoms with Crippen LogP contribution in [-0.4, -0.2) is 44.5 Å². The molecule has 0 saturated carbocycles. The fraction of sp³-hybridized carbons (Fsp3) is 0.556. The molecule has 1 heterocycles. The largest absolute Gasteiger partial charge is 0.467 e. The number of hydrogen-bond acceptors (Lipinski definition) is 5. The van der Waals surface area contributed by atoms with Crippen molar-refractivity contribution >= 4 is 12.1 Å². The Balaban J connectivity index is 0.000000322. The number of carbonyl (C=O) groups excluding carboxylic acids is 2. The van der Waals surface area contributed by atoms with Gasteiger partial charge in [-0.25, -0.2) is 9.59 Å². The van der Waals surface area contributed by atoms with Crippen molar-refractivity contribution in [2.45, 2.75) is 6.92 Å². The molecule has 0 N–H and O–H groups in total. The highest BCUT2D eigenvalue weighted by atomic mass is 16.9. The van der Waals surface area contributed by atoms with Crippen LogP contribution in [0.5, 0.6) is 0 Å². The molecule has 15 heavy (non-hydrogen) atoms. The summed E-state index contributed by atoms with van der Waals surface area (Å²) in [6, 6.07) is 0. The first-order valence-electron chi connectivity index (χ1n) is 4.16. The predicted molar refractivity (Wildman–Crippen MR) is 50.5 cm³/mol. The SMILES string of the molecule is CC#CC(=O)OCCOC.CN1OC1=O. The third kappa shape index (κ3) is 8.59. The van der Waals surface area contributed by atoms with E-state index in [2.05, 4.69) is 26.2 Å². The number of methoxy groups -OCH3 is 1. The van der Waals surface area contributed by atoms with Crippen LogP contribution in [0.3, 0.4) is 0 Å². The Bertz CT molecular complexity index is 278. The van der Waals surface area contributed by atoms with Crippen LogP contribution in [-0.2, 0) is 19.1 Å². The second-order valence-electron chi connectivity index (χ2n) is 2.36. The van der Waals surface area contributed by atoms with Gasteiger partial charge in [-0.2, -0.15) is 0 Å². The van der Waals surface area contributed by atoms with Crippen LogP contribution in [0, 0.1) is 11.8 Å². The van der Waals surface area contributed by atoms with E-state index in [1.807, 2.05) is 0 Å². The number of ether oxygens (including phenoxy) is 2. The summed E-state index contributed by atoms with van der Waals surface area (Å²) in [5.41, 5.74) is 0. The van der Waals surface area contributed by atoms with Crippen LogP contribution in [0.15, 0.2) is 0 Å². The number of esters is 1. The zero-order valence-electron chi connectivity index (χ0n) is 8.90. The van der Waals surface area contributed by atoms with Crippen LogP contribution in [0.25, 0.3) is 0 Å². The summed E-state index contributed by atoms with van der Waals surface area (Å²) in [5, 5.41) is 1.15. The fourth-order valence-corrected chi connectivity index (χ4v) is 0.453. The standard InChI is InChI=1S/C7H10O3.C2H3NO2/c1-3-4-7(8)10-6-5-9-2;1-3-2(4)5-3/h5-6H2,1-2H3;1H3. The summed E-state index contributed by atoms with van der Waals surface area (Å²) in [7, 11) is 3.10. The molecular formula is C9H13NO5. The molecule has 6 heteroatoms. The second kappa shape index (κ2) is 7.64. The highest BCUT2D eigenvalue weighted by Crippen LogP contribution is 2.04. The minimum atomic E-state index is -0.500. The molecule has 1 saturated heterocycles. The van der Waals surface area contributed by atoms with Gasteiger partial charge in [-0.15, -0.1) is 5.06 Å². The number of nitrogens with zero attached hydrogens (tertiary/aromatic N) is 1. The van der Waals surface area contributed by atoms with Crippen molar-refractivity contribution in [2.24, 2.45) is 0 Å². The molecule has 84 valence electrons.